The highest BCUT2D eigenvalue weighted by atomic mass is 16.8. The lowest BCUT2D eigenvalue weighted by atomic mass is 10.1. The van der Waals surface area contributed by atoms with Crippen LogP contribution in [0.5, 0.6) is 0 Å². The molecule has 0 radical (unpaired) electrons. The first-order valence-electron chi connectivity index (χ1n) is 5.83. The molecule has 110 valence electrons. The van der Waals surface area contributed by atoms with Crippen LogP contribution in [0.3, 0.4) is 0 Å². The maximum absolute atomic E-state index is 11.1. The molecule has 0 fully saturated rings. The van der Waals surface area contributed by atoms with Gasteiger partial charge < -0.3 is 14.7 Å². The molecular weight excluding hydrogens is 254 g/mol. The summed E-state index contributed by atoms with van der Waals surface area (Å²) in [6, 6.07) is 0. The van der Waals surface area contributed by atoms with Gasteiger partial charge in [-0.25, -0.2) is 0 Å². The summed E-state index contributed by atoms with van der Waals surface area (Å²) in [4.78, 5) is 26.4. The summed E-state index contributed by atoms with van der Waals surface area (Å²) >= 11 is 0. The van der Waals surface area contributed by atoms with Crippen LogP contribution in [0, 0.1) is 5.92 Å². The van der Waals surface area contributed by atoms with Gasteiger partial charge in [0.15, 0.2) is 0 Å². The van der Waals surface area contributed by atoms with Gasteiger partial charge in [-0.2, -0.15) is 0 Å². The smallest absolute Gasteiger partial charge is 0.324 e. The molecular formula is C11H21N3O5. The van der Waals surface area contributed by atoms with Crippen molar-refractivity contribution in [2.75, 3.05) is 13.3 Å². The number of carboxylic acids is 1. The molecule has 1 N–H and O–H groups in total. The zero-order valence-corrected chi connectivity index (χ0v) is 11.9. The number of hydrogen-bond acceptors (Lipinski definition) is 6. The SMILES string of the molecule is CC(C)C(=O)OCO/N=N\N(CC(=O)O)C(C)(C)C. The predicted molar refractivity (Wildman–Crippen MR) is 65.8 cm³/mol. The van der Waals surface area contributed by atoms with E-state index < -0.39 is 17.5 Å². The molecule has 0 spiro atoms. The quantitative estimate of drug-likeness (QED) is 0.249. The third-order valence-electron chi connectivity index (χ3n) is 1.99. The van der Waals surface area contributed by atoms with E-state index in [1.54, 1.807) is 34.6 Å². The number of carboxylic acid groups (broad SMARTS) is 1. The van der Waals surface area contributed by atoms with Gasteiger partial charge in [0, 0.05) is 5.28 Å². The first-order chi connectivity index (χ1) is 8.64. The Morgan fingerprint density at radius 1 is 1.32 bits per heavy atom. The maximum atomic E-state index is 11.1. The Balaban J connectivity index is 4.19. The summed E-state index contributed by atoms with van der Waals surface area (Å²) in [5, 5.41) is 17.0. The first-order valence-corrected chi connectivity index (χ1v) is 5.83. The van der Waals surface area contributed by atoms with Crippen LogP contribution in [-0.2, 0) is 19.2 Å². The molecule has 0 aromatic carbocycles. The Morgan fingerprint density at radius 2 is 1.89 bits per heavy atom. The van der Waals surface area contributed by atoms with Gasteiger partial charge in [-0.05, 0) is 26.0 Å². The molecule has 0 rings (SSSR count). The van der Waals surface area contributed by atoms with Crippen molar-refractivity contribution in [1.29, 1.82) is 0 Å². The van der Waals surface area contributed by atoms with Crippen molar-refractivity contribution < 1.29 is 24.3 Å². The summed E-state index contributed by atoms with van der Waals surface area (Å²) in [5.41, 5.74) is -0.514. The Labute approximate surface area is 112 Å². The lowest BCUT2D eigenvalue weighted by Gasteiger charge is -2.29. The number of hydrogen-bond donors (Lipinski definition) is 1. The fourth-order valence-corrected chi connectivity index (χ4v) is 0.876. The van der Waals surface area contributed by atoms with Crippen LogP contribution in [0.15, 0.2) is 10.5 Å². The Morgan fingerprint density at radius 3 is 2.32 bits per heavy atom. The van der Waals surface area contributed by atoms with Gasteiger partial charge in [-0.15, -0.1) is 0 Å². The molecule has 0 heterocycles. The average Bonchev–Trinajstić information content (AvgIpc) is 2.24. The Hall–Kier alpha value is -1.86. The standard InChI is InChI=1S/C11H21N3O5/c1-8(2)10(17)18-7-19-13-12-14(6-9(15)16)11(3,4)5/h8H,6-7H2,1-5H3,(H,15,16)/b13-12-. The molecule has 8 nitrogen and oxygen atoms in total. The second kappa shape index (κ2) is 7.55. The molecule has 0 amide bonds. The van der Waals surface area contributed by atoms with Crippen molar-refractivity contribution in [2.45, 2.75) is 40.2 Å². The second-order valence-corrected chi connectivity index (χ2v) is 5.16. The molecule has 0 unspecified atom stereocenters. The molecule has 8 heteroatoms. The predicted octanol–water partition coefficient (Wildman–Crippen LogP) is 1.63. The summed E-state index contributed by atoms with van der Waals surface area (Å²) in [7, 11) is 0. The van der Waals surface area contributed by atoms with Crippen LogP contribution < -0.4 is 0 Å². The third kappa shape index (κ3) is 7.96. The molecule has 0 aromatic heterocycles. The van der Waals surface area contributed by atoms with Crippen molar-refractivity contribution in [3.05, 3.63) is 0 Å². The van der Waals surface area contributed by atoms with Gasteiger partial charge in [0.1, 0.15) is 6.54 Å². The topological polar surface area (TPSA) is 101 Å². The van der Waals surface area contributed by atoms with Crippen LogP contribution in [0.1, 0.15) is 34.6 Å². The van der Waals surface area contributed by atoms with Gasteiger partial charge >= 0.3 is 11.9 Å². The fourth-order valence-electron chi connectivity index (χ4n) is 0.876. The molecule has 0 aliphatic carbocycles. The van der Waals surface area contributed by atoms with Crippen LogP contribution in [0.25, 0.3) is 0 Å². The van der Waals surface area contributed by atoms with Crippen molar-refractivity contribution in [3.8, 4) is 0 Å². The first kappa shape index (κ1) is 17.1. The molecule has 19 heavy (non-hydrogen) atoms. The van der Waals surface area contributed by atoms with E-state index in [4.69, 9.17) is 9.84 Å². The highest BCUT2D eigenvalue weighted by Crippen LogP contribution is 2.13. The monoisotopic (exact) mass is 275 g/mol. The molecule has 0 bridgehead atoms. The normalized spacial score (nSPS) is 11.7. The number of rotatable bonds is 7. The third-order valence-corrected chi connectivity index (χ3v) is 1.99. The van der Waals surface area contributed by atoms with E-state index in [-0.39, 0.29) is 19.3 Å². The minimum atomic E-state index is -1.03. The molecule has 0 aliphatic heterocycles. The van der Waals surface area contributed by atoms with E-state index in [0.717, 1.165) is 0 Å². The minimum absolute atomic E-state index is 0.251. The molecule has 0 saturated carbocycles. The highest BCUT2D eigenvalue weighted by Gasteiger charge is 2.22. The maximum Gasteiger partial charge on any atom is 0.324 e. The van der Waals surface area contributed by atoms with Crippen LogP contribution in [-0.4, -0.2) is 40.9 Å². The van der Waals surface area contributed by atoms with Crippen molar-refractivity contribution in [1.82, 2.24) is 5.01 Å². The van der Waals surface area contributed by atoms with Crippen LogP contribution in [0.2, 0.25) is 0 Å². The highest BCUT2D eigenvalue weighted by molar-refractivity contribution is 5.71. The zero-order valence-electron chi connectivity index (χ0n) is 11.9. The lowest BCUT2D eigenvalue weighted by Crippen LogP contribution is -2.40. The number of aliphatic carboxylic acids is 1. The van der Waals surface area contributed by atoms with Crippen molar-refractivity contribution in [2.24, 2.45) is 16.4 Å². The van der Waals surface area contributed by atoms with Gasteiger partial charge in [0.25, 0.3) is 6.79 Å². The summed E-state index contributed by atoms with van der Waals surface area (Å²) in [5.74, 6) is -1.69. The van der Waals surface area contributed by atoms with E-state index in [1.165, 1.54) is 5.01 Å². The van der Waals surface area contributed by atoms with E-state index in [1.807, 2.05) is 0 Å². The number of carbonyl (C=O) groups is 2. The van der Waals surface area contributed by atoms with E-state index in [2.05, 4.69) is 15.3 Å². The molecule has 0 saturated heterocycles. The van der Waals surface area contributed by atoms with Gasteiger partial charge in [0.2, 0.25) is 0 Å². The minimum Gasteiger partial charge on any atom is -0.480 e. The summed E-state index contributed by atoms with van der Waals surface area (Å²) in [6.45, 7) is 8.08. The summed E-state index contributed by atoms with van der Waals surface area (Å²) in [6.07, 6.45) is 0. The van der Waals surface area contributed by atoms with Gasteiger partial charge in [0.05, 0.1) is 11.5 Å². The van der Waals surface area contributed by atoms with Crippen LogP contribution in [0.4, 0.5) is 0 Å². The second-order valence-electron chi connectivity index (χ2n) is 5.16. The van der Waals surface area contributed by atoms with E-state index in [9.17, 15) is 9.59 Å². The fraction of sp³-hybridized carbons (Fsp3) is 0.818. The van der Waals surface area contributed by atoms with Gasteiger partial charge in [-0.3, -0.25) is 14.6 Å². The van der Waals surface area contributed by atoms with E-state index in [0.29, 0.717) is 0 Å². The lowest BCUT2D eigenvalue weighted by molar-refractivity contribution is -0.161. The van der Waals surface area contributed by atoms with Crippen LogP contribution >= 0.6 is 0 Å². The van der Waals surface area contributed by atoms with Crippen molar-refractivity contribution in [3.63, 3.8) is 0 Å². The molecule has 0 aliphatic rings. The van der Waals surface area contributed by atoms with Gasteiger partial charge in [-0.1, -0.05) is 13.8 Å². The Kier molecular flexibility index (Phi) is 6.81. The molecule has 0 aromatic rings. The summed E-state index contributed by atoms with van der Waals surface area (Å²) < 4.78 is 4.70. The number of esters is 1. The number of ether oxygens (including phenoxy) is 1. The number of carbonyl (C=O) groups excluding carboxylic acids is 1. The average molecular weight is 275 g/mol. The zero-order chi connectivity index (χ0) is 15.1. The molecule has 0 atom stereocenters. The van der Waals surface area contributed by atoms with E-state index >= 15 is 0 Å². The van der Waals surface area contributed by atoms with Crippen molar-refractivity contribution >= 4 is 11.9 Å². The Bertz CT molecular complexity index is 336. The number of nitrogens with zero attached hydrogens (tertiary/aromatic N) is 3. The largest absolute Gasteiger partial charge is 0.480 e.